The largest absolute Gasteiger partial charge is 0.326 e. The molecule has 0 aliphatic carbocycles. The molecular weight excluding hydrogens is 392 g/mol. The van der Waals surface area contributed by atoms with E-state index in [1.807, 2.05) is 19.1 Å². The molecule has 0 saturated heterocycles. The maximum absolute atomic E-state index is 12.6. The third-order valence-corrected chi connectivity index (χ3v) is 4.34. The molecule has 7 heteroatoms. The quantitative estimate of drug-likeness (QED) is 0.420. The first-order chi connectivity index (χ1) is 14.9. The van der Waals surface area contributed by atoms with E-state index in [2.05, 4.69) is 21.2 Å². The van der Waals surface area contributed by atoms with Gasteiger partial charge in [-0.3, -0.25) is 14.4 Å². The molecule has 0 aromatic heterocycles. The van der Waals surface area contributed by atoms with Crippen molar-refractivity contribution in [2.24, 2.45) is 5.10 Å². The first kappa shape index (κ1) is 21.4. The van der Waals surface area contributed by atoms with E-state index in [4.69, 9.17) is 0 Å². The van der Waals surface area contributed by atoms with Crippen molar-refractivity contribution in [3.05, 3.63) is 95.1 Å². The number of anilines is 2. The van der Waals surface area contributed by atoms with Crippen molar-refractivity contribution in [3.63, 3.8) is 0 Å². The van der Waals surface area contributed by atoms with E-state index >= 15 is 0 Å². The Morgan fingerprint density at radius 2 is 1.48 bits per heavy atom. The van der Waals surface area contributed by atoms with Crippen LogP contribution in [0.1, 0.15) is 38.8 Å². The summed E-state index contributed by atoms with van der Waals surface area (Å²) in [7, 11) is 0. The first-order valence-corrected chi connectivity index (χ1v) is 9.60. The summed E-state index contributed by atoms with van der Waals surface area (Å²) in [6.07, 6.45) is 1.49. The van der Waals surface area contributed by atoms with Crippen LogP contribution in [0.25, 0.3) is 0 Å². The van der Waals surface area contributed by atoms with Crippen LogP contribution in [-0.2, 0) is 4.79 Å². The van der Waals surface area contributed by atoms with Crippen LogP contribution in [0.15, 0.2) is 77.9 Å². The highest BCUT2D eigenvalue weighted by Crippen LogP contribution is 2.16. The maximum Gasteiger partial charge on any atom is 0.273 e. The summed E-state index contributed by atoms with van der Waals surface area (Å²) in [4.78, 5) is 36.1. The van der Waals surface area contributed by atoms with Gasteiger partial charge in [-0.2, -0.15) is 5.10 Å². The van der Waals surface area contributed by atoms with E-state index in [0.29, 0.717) is 22.5 Å². The number of rotatable bonds is 6. The maximum atomic E-state index is 12.6. The van der Waals surface area contributed by atoms with Crippen LogP contribution in [0.3, 0.4) is 0 Å². The number of carbonyl (C=O) groups is 3. The lowest BCUT2D eigenvalue weighted by molar-refractivity contribution is -0.114. The number of nitrogens with zero attached hydrogens (tertiary/aromatic N) is 1. The Morgan fingerprint density at radius 3 is 2.16 bits per heavy atom. The van der Waals surface area contributed by atoms with Gasteiger partial charge in [-0.25, -0.2) is 5.43 Å². The Labute approximate surface area is 180 Å². The van der Waals surface area contributed by atoms with Gasteiger partial charge in [0.15, 0.2) is 0 Å². The molecule has 3 N–H and O–H groups in total. The van der Waals surface area contributed by atoms with Gasteiger partial charge < -0.3 is 10.6 Å². The number of hydrazone groups is 1. The van der Waals surface area contributed by atoms with Crippen molar-refractivity contribution in [2.45, 2.75) is 13.8 Å². The molecule has 3 aromatic rings. The molecule has 31 heavy (non-hydrogen) atoms. The second-order valence-corrected chi connectivity index (χ2v) is 6.87. The van der Waals surface area contributed by atoms with Crippen LogP contribution in [0.5, 0.6) is 0 Å². The molecule has 3 rings (SSSR count). The molecular formula is C24H22N4O3. The lowest BCUT2D eigenvalue weighted by atomic mass is 10.1. The number of hydrogen-bond donors (Lipinski definition) is 3. The summed E-state index contributed by atoms with van der Waals surface area (Å²) in [6, 6.07) is 20.9. The van der Waals surface area contributed by atoms with Gasteiger partial charge in [-0.05, 0) is 48.9 Å². The Bertz CT molecular complexity index is 1120. The number of benzene rings is 3. The topological polar surface area (TPSA) is 99.7 Å². The lowest BCUT2D eigenvalue weighted by Crippen LogP contribution is -2.21. The molecule has 0 aliphatic heterocycles. The van der Waals surface area contributed by atoms with Gasteiger partial charge in [0, 0.05) is 18.2 Å². The van der Waals surface area contributed by atoms with Gasteiger partial charge in [-0.1, -0.05) is 42.0 Å². The highest BCUT2D eigenvalue weighted by Gasteiger charge is 2.13. The minimum atomic E-state index is -0.453. The number of aryl methyl sites for hydroxylation is 1. The summed E-state index contributed by atoms with van der Waals surface area (Å²) in [5.74, 6) is -0.907. The fraction of sp³-hybridized carbons (Fsp3) is 0.0833. The predicted molar refractivity (Wildman–Crippen MR) is 121 cm³/mol. The monoisotopic (exact) mass is 414 g/mol. The third-order valence-electron chi connectivity index (χ3n) is 4.34. The van der Waals surface area contributed by atoms with Crippen molar-refractivity contribution in [1.29, 1.82) is 0 Å². The average molecular weight is 414 g/mol. The van der Waals surface area contributed by atoms with Crippen molar-refractivity contribution < 1.29 is 14.4 Å². The van der Waals surface area contributed by atoms with Gasteiger partial charge in [0.1, 0.15) is 0 Å². The molecule has 0 aliphatic rings. The van der Waals surface area contributed by atoms with Crippen molar-refractivity contribution in [2.75, 3.05) is 10.6 Å². The fourth-order valence-corrected chi connectivity index (χ4v) is 2.77. The van der Waals surface area contributed by atoms with Crippen molar-refractivity contribution in [1.82, 2.24) is 5.43 Å². The predicted octanol–water partition coefficient (Wildman–Crippen LogP) is 3.97. The molecule has 0 bridgehead atoms. The molecule has 0 fully saturated rings. The molecule has 0 radical (unpaired) electrons. The summed E-state index contributed by atoms with van der Waals surface area (Å²) in [6.45, 7) is 3.38. The number of hydrogen-bond acceptors (Lipinski definition) is 4. The van der Waals surface area contributed by atoms with E-state index in [1.165, 1.54) is 13.1 Å². The van der Waals surface area contributed by atoms with Crippen LogP contribution in [-0.4, -0.2) is 23.9 Å². The number of amides is 3. The molecule has 7 nitrogen and oxygen atoms in total. The second kappa shape index (κ2) is 9.98. The number of nitrogens with one attached hydrogen (secondary N) is 3. The molecule has 3 aromatic carbocycles. The van der Waals surface area contributed by atoms with E-state index < -0.39 is 5.91 Å². The van der Waals surface area contributed by atoms with E-state index in [9.17, 15) is 14.4 Å². The SMILES string of the molecule is CC(=O)Nc1ccc(/C=N\NC(=O)c2ccccc2NC(=O)c2ccc(C)cc2)cc1. The molecule has 0 saturated carbocycles. The summed E-state index contributed by atoms with van der Waals surface area (Å²) in [5, 5.41) is 9.42. The van der Waals surface area contributed by atoms with Crippen LogP contribution in [0.2, 0.25) is 0 Å². The number of para-hydroxylation sites is 1. The van der Waals surface area contributed by atoms with Crippen LogP contribution in [0.4, 0.5) is 11.4 Å². The van der Waals surface area contributed by atoms with E-state index in [0.717, 1.165) is 11.1 Å². The number of carbonyl (C=O) groups excluding carboxylic acids is 3. The highest BCUT2D eigenvalue weighted by atomic mass is 16.2. The molecule has 0 spiro atoms. The minimum Gasteiger partial charge on any atom is -0.326 e. The molecule has 0 heterocycles. The summed E-state index contributed by atoms with van der Waals surface area (Å²) >= 11 is 0. The molecule has 0 unspecified atom stereocenters. The summed E-state index contributed by atoms with van der Waals surface area (Å²) in [5.41, 5.74) is 6.12. The molecule has 3 amide bonds. The zero-order valence-corrected chi connectivity index (χ0v) is 17.2. The second-order valence-electron chi connectivity index (χ2n) is 6.87. The van der Waals surface area contributed by atoms with Crippen LogP contribution < -0.4 is 16.1 Å². The van der Waals surface area contributed by atoms with Gasteiger partial charge in [0.05, 0.1) is 17.5 Å². The Morgan fingerprint density at radius 1 is 0.806 bits per heavy atom. The van der Waals surface area contributed by atoms with Crippen molar-refractivity contribution in [3.8, 4) is 0 Å². The Balaban J connectivity index is 1.65. The fourth-order valence-electron chi connectivity index (χ4n) is 2.77. The Kier molecular flexibility index (Phi) is 6.90. The van der Waals surface area contributed by atoms with Gasteiger partial charge in [0.25, 0.3) is 11.8 Å². The zero-order chi connectivity index (χ0) is 22.2. The highest BCUT2D eigenvalue weighted by molar-refractivity contribution is 6.09. The summed E-state index contributed by atoms with van der Waals surface area (Å²) < 4.78 is 0. The van der Waals surface area contributed by atoms with Crippen LogP contribution in [0, 0.1) is 6.92 Å². The van der Waals surface area contributed by atoms with Gasteiger partial charge >= 0.3 is 0 Å². The third kappa shape index (κ3) is 6.11. The van der Waals surface area contributed by atoms with Gasteiger partial charge in [0.2, 0.25) is 5.91 Å². The van der Waals surface area contributed by atoms with Gasteiger partial charge in [-0.15, -0.1) is 0 Å². The Hall–Kier alpha value is -4.26. The smallest absolute Gasteiger partial charge is 0.273 e. The lowest BCUT2D eigenvalue weighted by Gasteiger charge is -2.10. The minimum absolute atomic E-state index is 0.151. The zero-order valence-electron chi connectivity index (χ0n) is 17.2. The average Bonchev–Trinajstić information content (AvgIpc) is 2.75. The molecule has 0 atom stereocenters. The molecule has 156 valence electrons. The van der Waals surface area contributed by atoms with E-state index in [1.54, 1.807) is 60.7 Å². The normalized spacial score (nSPS) is 10.5. The van der Waals surface area contributed by atoms with Crippen molar-refractivity contribution >= 4 is 35.3 Å². The van der Waals surface area contributed by atoms with Crippen LogP contribution >= 0.6 is 0 Å². The van der Waals surface area contributed by atoms with E-state index in [-0.39, 0.29) is 11.8 Å². The first-order valence-electron chi connectivity index (χ1n) is 9.60. The standard InChI is InChI=1S/C24H22N4O3/c1-16-7-11-19(12-8-16)23(30)27-22-6-4-3-5-21(22)24(31)28-25-15-18-9-13-20(14-10-18)26-17(2)29/h3-15H,1-2H3,(H,26,29)(H,27,30)(H,28,31)/b25-15-.